The second-order valence-corrected chi connectivity index (χ2v) is 6.32. The van der Waals surface area contributed by atoms with Gasteiger partial charge in [0.25, 0.3) is 5.91 Å². The van der Waals surface area contributed by atoms with Gasteiger partial charge in [-0.2, -0.15) is 0 Å². The van der Waals surface area contributed by atoms with Gasteiger partial charge >= 0.3 is 5.97 Å². The molecule has 1 aliphatic carbocycles. The number of amides is 1. The Kier molecular flexibility index (Phi) is 6.54. The number of hydrogen-bond donors (Lipinski definition) is 1. The van der Waals surface area contributed by atoms with E-state index in [1.54, 1.807) is 18.2 Å². The highest BCUT2D eigenvalue weighted by Crippen LogP contribution is 2.27. The van der Waals surface area contributed by atoms with Crippen LogP contribution in [-0.4, -0.2) is 31.6 Å². The fourth-order valence-corrected chi connectivity index (χ4v) is 2.91. The summed E-state index contributed by atoms with van der Waals surface area (Å²) in [5.74, 6) is 0.0693. The molecule has 0 aromatic heterocycles. The molecule has 0 saturated heterocycles. The number of ether oxygens (including phenoxy) is 2. The molecule has 7 heteroatoms. The number of benzene rings is 1. The van der Waals surface area contributed by atoms with Crippen LogP contribution in [0.2, 0.25) is 10.0 Å². The summed E-state index contributed by atoms with van der Waals surface area (Å²) >= 11 is 11.7. The summed E-state index contributed by atoms with van der Waals surface area (Å²) in [6.45, 7) is -0.0884. The van der Waals surface area contributed by atoms with Gasteiger partial charge in [-0.05, 0) is 37.8 Å². The van der Waals surface area contributed by atoms with E-state index in [1.807, 2.05) is 0 Å². The lowest BCUT2D eigenvalue weighted by molar-refractivity contribution is -0.146. The standard InChI is InChI=1S/C16H19Cl2NO4/c1-22-16(21)10-2-4-11(5-3-10)19-15(20)9-23-12-6-7-13(17)14(18)8-12/h6-8,10-11H,2-5,9H2,1H3,(H,19,20). The van der Waals surface area contributed by atoms with Gasteiger partial charge in [0, 0.05) is 12.1 Å². The van der Waals surface area contributed by atoms with E-state index in [1.165, 1.54) is 7.11 Å². The van der Waals surface area contributed by atoms with Gasteiger partial charge in [-0.15, -0.1) is 0 Å². The molecule has 1 N–H and O–H groups in total. The van der Waals surface area contributed by atoms with Crippen molar-refractivity contribution in [3.05, 3.63) is 28.2 Å². The van der Waals surface area contributed by atoms with Gasteiger partial charge in [0.1, 0.15) is 5.75 Å². The van der Waals surface area contributed by atoms with E-state index in [0.717, 1.165) is 25.7 Å². The summed E-state index contributed by atoms with van der Waals surface area (Å²) in [5.41, 5.74) is 0. The molecular formula is C16H19Cl2NO4. The van der Waals surface area contributed by atoms with Gasteiger partial charge in [0.15, 0.2) is 6.61 Å². The van der Waals surface area contributed by atoms with Crippen molar-refractivity contribution < 1.29 is 19.1 Å². The lowest BCUT2D eigenvalue weighted by Crippen LogP contribution is -2.41. The zero-order valence-corrected chi connectivity index (χ0v) is 14.3. The van der Waals surface area contributed by atoms with Crippen molar-refractivity contribution in [2.45, 2.75) is 31.7 Å². The first-order valence-electron chi connectivity index (χ1n) is 7.44. The topological polar surface area (TPSA) is 64.6 Å². The van der Waals surface area contributed by atoms with Crippen molar-refractivity contribution in [1.29, 1.82) is 0 Å². The van der Waals surface area contributed by atoms with E-state index >= 15 is 0 Å². The number of carbonyl (C=O) groups is 2. The number of carbonyl (C=O) groups excluding carboxylic acids is 2. The van der Waals surface area contributed by atoms with E-state index < -0.39 is 0 Å². The minimum absolute atomic E-state index is 0.0550. The van der Waals surface area contributed by atoms with Crippen LogP contribution in [0.15, 0.2) is 18.2 Å². The zero-order chi connectivity index (χ0) is 16.8. The third kappa shape index (κ3) is 5.29. The summed E-state index contributed by atoms with van der Waals surface area (Å²) in [4.78, 5) is 23.4. The van der Waals surface area contributed by atoms with Gasteiger partial charge in [0.05, 0.1) is 23.1 Å². The van der Waals surface area contributed by atoms with Crippen LogP contribution < -0.4 is 10.1 Å². The summed E-state index contributed by atoms with van der Waals surface area (Å²) in [6, 6.07) is 4.91. The van der Waals surface area contributed by atoms with E-state index in [2.05, 4.69) is 5.32 Å². The molecule has 0 aliphatic heterocycles. The third-order valence-corrected chi connectivity index (χ3v) is 4.63. The summed E-state index contributed by atoms with van der Waals surface area (Å²) in [6.07, 6.45) is 2.98. The first kappa shape index (κ1) is 17.9. The maximum Gasteiger partial charge on any atom is 0.308 e. The quantitative estimate of drug-likeness (QED) is 0.819. The normalized spacial score (nSPS) is 20.7. The Morgan fingerprint density at radius 3 is 2.48 bits per heavy atom. The molecule has 1 fully saturated rings. The van der Waals surface area contributed by atoms with Crippen LogP contribution in [-0.2, 0) is 14.3 Å². The number of nitrogens with one attached hydrogen (secondary N) is 1. The van der Waals surface area contributed by atoms with Crippen molar-refractivity contribution >= 4 is 35.1 Å². The van der Waals surface area contributed by atoms with Crippen molar-refractivity contribution in [3.63, 3.8) is 0 Å². The Labute approximate surface area is 145 Å². The molecule has 5 nitrogen and oxygen atoms in total. The highest BCUT2D eigenvalue weighted by molar-refractivity contribution is 6.42. The Bertz CT molecular complexity index is 571. The first-order chi connectivity index (χ1) is 11.0. The highest BCUT2D eigenvalue weighted by atomic mass is 35.5. The van der Waals surface area contributed by atoms with Crippen LogP contribution in [0.1, 0.15) is 25.7 Å². The Morgan fingerprint density at radius 1 is 1.17 bits per heavy atom. The molecule has 0 heterocycles. The molecular weight excluding hydrogens is 341 g/mol. The fourth-order valence-electron chi connectivity index (χ4n) is 2.62. The monoisotopic (exact) mass is 359 g/mol. The summed E-state index contributed by atoms with van der Waals surface area (Å²) in [5, 5.41) is 3.73. The van der Waals surface area contributed by atoms with Crippen LogP contribution in [0.25, 0.3) is 0 Å². The average Bonchev–Trinajstić information content (AvgIpc) is 2.56. The van der Waals surface area contributed by atoms with Gasteiger partial charge in [0.2, 0.25) is 0 Å². The lowest BCUT2D eigenvalue weighted by atomic mass is 9.86. The molecule has 1 aliphatic rings. The van der Waals surface area contributed by atoms with Gasteiger partial charge in [-0.3, -0.25) is 9.59 Å². The molecule has 23 heavy (non-hydrogen) atoms. The van der Waals surface area contributed by atoms with Gasteiger partial charge in [-0.25, -0.2) is 0 Å². The lowest BCUT2D eigenvalue weighted by Gasteiger charge is -2.27. The molecule has 0 spiro atoms. The predicted octanol–water partition coefficient (Wildman–Crippen LogP) is 3.22. The van der Waals surface area contributed by atoms with Crippen LogP contribution >= 0.6 is 23.2 Å². The van der Waals surface area contributed by atoms with E-state index in [-0.39, 0.29) is 30.4 Å². The molecule has 0 atom stereocenters. The predicted molar refractivity (Wildman–Crippen MR) is 87.9 cm³/mol. The average molecular weight is 360 g/mol. The van der Waals surface area contributed by atoms with Gasteiger partial charge in [-0.1, -0.05) is 23.2 Å². The molecule has 1 aromatic rings. The van der Waals surface area contributed by atoms with Crippen LogP contribution in [0.3, 0.4) is 0 Å². The van der Waals surface area contributed by atoms with Crippen LogP contribution in [0, 0.1) is 5.92 Å². The van der Waals surface area contributed by atoms with Crippen LogP contribution in [0.4, 0.5) is 0 Å². The molecule has 1 aromatic carbocycles. The van der Waals surface area contributed by atoms with E-state index in [0.29, 0.717) is 15.8 Å². The highest BCUT2D eigenvalue weighted by Gasteiger charge is 2.27. The molecule has 0 radical (unpaired) electrons. The summed E-state index contributed by atoms with van der Waals surface area (Å²) in [7, 11) is 1.40. The van der Waals surface area contributed by atoms with Crippen molar-refractivity contribution in [3.8, 4) is 5.75 Å². The largest absolute Gasteiger partial charge is 0.484 e. The fraction of sp³-hybridized carbons (Fsp3) is 0.500. The Morgan fingerprint density at radius 2 is 1.87 bits per heavy atom. The maximum absolute atomic E-state index is 11.9. The number of halogens is 2. The Hall–Kier alpha value is -1.46. The summed E-state index contributed by atoms with van der Waals surface area (Å²) < 4.78 is 10.1. The van der Waals surface area contributed by atoms with Crippen molar-refractivity contribution in [1.82, 2.24) is 5.32 Å². The van der Waals surface area contributed by atoms with Crippen molar-refractivity contribution in [2.24, 2.45) is 5.92 Å². The second kappa shape index (κ2) is 8.41. The Balaban J connectivity index is 1.73. The SMILES string of the molecule is COC(=O)C1CCC(NC(=O)COc2ccc(Cl)c(Cl)c2)CC1. The molecule has 1 amide bonds. The molecule has 0 unspecified atom stereocenters. The second-order valence-electron chi connectivity index (χ2n) is 5.50. The number of esters is 1. The van der Waals surface area contributed by atoms with Crippen molar-refractivity contribution in [2.75, 3.05) is 13.7 Å². The molecule has 126 valence electrons. The van der Waals surface area contributed by atoms with E-state index in [9.17, 15) is 9.59 Å². The number of methoxy groups -OCH3 is 1. The molecule has 2 rings (SSSR count). The van der Waals surface area contributed by atoms with E-state index in [4.69, 9.17) is 32.7 Å². The number of hydrogen-bond acceptors (Lipinski definition) is 4. The number of rotatable bonds is 5. The zero-order valence-electron chi connectivity index (χ0n) is 12.8. The molecule has 0 bridgehead atoms. The maximum atomic E-state index is 11.9. The minimum atomic E-state index is -0.197. The smallest absolute Gasteiger partial charge is 0.308 e. The van der Waals surface area contributed by atoms with Crippen LogP contribution in [0.5, 0.6) is 5.75 Å². The third-order valence-electron chi connectivity index (χ3n) is 3.89. The first-order valence-corrected chi connectivity index (χ1v) is 8.20. The minimum Gasteiger partial charge on any atom is -0.484 e. The van der Waals surface area contributed by atoms with Gasteiger partial charge < -0.3 is 14.8 Å². The molecule has 1 saturated carbocycles.